The quantitative estimate of drug-likeness (QED) is 0.806. The zero-order valence-corrected chi connectivity index (χ0v) is 10.3. The SMILES string of the molecule is NCCN1C(=O)S/C(=C\c2ccccc2O)C1=O. The van der Waals surface area contributed by atoms with Crippen LogP contribution < -0.4 is 5.73 Å². The van der Waals surface area contributed by atoms with E-state index in [-0.39, 0.29) is 30.0 Å². The maximum absolute atomic E-state index is 11.9. The molecule has 1 heterocycles. The molecule has 0 spiro atoms. The highest BCUT2D eigenvalue weighted by Crippen LogP contribution is 2.33. The smallest absolute Gasteiger partial charge is 0.293 e. The number of nitrogens with zero attached hydrogens (tertiary/aromatic N) is 1. The molecule has 0 bridgehead atoms. The van der Waals surface area contributed by atoms with Gasteiger partial charge in [0.05, 0.1) is 4.91 Å². The largest absolute Gasteiger partial charge is 0.507 e. The third-order valence-electron chi connectivity index (χ3n) is 2.45. The Labute approximate surface area is 108 Å². The van der Waals surface area contributed by atoms with Gasteiger partial charge in [-0.3, -0.25) is 14.5 Å². The average molecular weight is 264 g/mol. The number of rotatable bonds is 3. The maximum atomic E-state index is 11.9. The van der Waals surface area contributed by atoms with Gasteiger partial charge in [-0.2, -0.15) is 0 Å². The first-order chi connectivity index (χ1) is 8.63. The predicted octanol–water partition coefficient (Wildman–Crippen LogP) is 1.39. The van der Waals surface area contributed by atoms with Gasteiger partial charge in [-0.15, -0.1) is 0 Å². The van der Waals surface area contributed by atoms with Gasteiger partial charge >= 0.3 is 0 Å². The number of amides is 2. The molecule has 1 fully saturated rings. The molecule has 18 heavy (non-hydrogen) atoms. The molecule has 0 radical (unpaired) electrons. The van der Waals surface area contributed by atoms with Gasteiger partial charge in [0.15, 0.2) is 0 Å². The van der Waals surface area contributed by atoms with Crippen LogP contribution in [0.2, 0.25) is 0 Å². The standard InChI is InChI=1S/C12H12N2O3S/c13-5-6-14-11(16)10(18-12(14)17)7-8-3-1-2-4-9(8)15/h1-4,7,15H,5-6,13H2/b10-7-. The summed E-state index contributed by atoms with van der Waals surface area (Å²) in [6.07, 6.45) is 1.51. The average Bonchev–Trinajstić information content (AvgIpc) is 2.60. The highest BCUT2D eigenvalue weighted by Gasteiger charge is 2.34. The van der Waals surface area contributed by atoms with E-state index >= 15 is 0 Å². The minimum atomic E-state index is -0.362. The van der Waals surface area contributed by atoms with Crippen molar-refractivity contribution in [2.24, 2.45) is 5.73 Å². The Balaban J connectivity index is 2.28. The van der Waals surface area contributed by atoms with Crippen LogP contribution in [0, 0.1) is 0 Å². The van der Waals surface area contributed by atoms with Crippen molar-refractivity contribution in [1.29, 1.82) is 0 Å². The number of hydrogen-bond donors (Lipinski definition) is 2. The number of phenols is 1. The Hall–Kier alpha value is -1.79. The van der Waals surface area contributed by atoms with Gasteiger partial charge in [0.2, 0.25) is 0 Å². The molecule has 0 aromatic heterocycles. The summed E-state index contributed by atoms with van der Waals surface area (Å²) < 4.78 is 0. The van der Waals surface area contributed by atoms with Gasteiger partial charge in [0, 0.05) is 18.7 Å². The lowest BCUT2D eigenvalue weighted by Crippen LogP contribution is -2.33. The number of aromatic hydroxyl groups is 1. The molecule has 0 saturated carbocycles. The summed E-state index contributed by atoms with van der Waals surface area (Å²) >= 11 is 0.857. The van der Waals surface area contributed by atoms with Gasteiger partial charge in [-0.05, 0) is 23.9 Å². The van der Waals surface area contributed by atoms with E-state index < -0.39 is 0 Å². The van der Waals surface area contributed by atoms with Crippen LogP contribution in [0.1, 0.15) is 5.56 Å². The molecule has 0 unspecified atom stereocenters. The molecule has 2 amide bonds. The van der Waals surface area contributed by atoms with E-state index in [9.17, 15) is 14.7 Å². The van der Waals surface area contributed by atoms with Crippen LogP contribution in [0.25, 0.3) is 6.08 Å². The van der Waals surface area contributed by atoms with Crippen molar-refractivity contribution < 1.29 is 14.7 Å². The van der Waals surface area contributed by atoms with Crippen molar-refractivity contribution in [2.45, 2.75) is 0 Å². The van der Waals surface area contributed by atoms with Crippen molar-refractivity contribution in [1.82, 2.24) is 4.90 Å². The summed E-state index contributed by atoms with van der Waals surface area (Å²) in [5, 5.41) is 9.28. The zero-order chi connectivity index (χ0) is 13.1. The maximum Gasteiger partial charge on any atom is 0.293 e. The summed E-state index contributed by atoms with van der Waals surface area (Å²) in [6, 6.07) is 6.63. The normalized spacial score (nSPS) is 17.8. The predicted molar refractivity (Wildman–Crippen MR) is 69.8 cm³/mol. The minimum Gasteiger partial charge on any atom is -0.507 e. The van der Waals surface area contributed by atoms with E-state index in [1.165, 1.54) is 12.1 Å². The van der Waals surface area contributed by atoms with Crippen LogP contribution >= 0.6 is 11.8 Å². The number of carbonyl (C=O) groups is 2. The van der Waals surface area contributed by atoms with Crippen LogP contribution in [0.5, 0.6) is 5.75 Å². The number of benzene rings is 1. The number of phenolic OH excluding ortho intramolecular Hbond substituents is 1. The molecule has 1 aliphatic heterocycles. The second kappa shape index (κ2) is 5.24. The van der Waals surface area contributed by atoms with E-state index in [4.69, 9.17) is 5.73 Å². The fourth-order valence-corrected chi connectivity index (χ4v) is 2.43. The highest BCUT2D eigenvalue weighted by atomic mass is 32.2. The van der Waals surface area contributed by atoms with E-state index in [2.05, 4.69) is 0 Å². The first-order valence-corrected chi connectivity index (χ1v) is 6.18. The lowest BCUT2D eigenvalue weighted by molar-refractivity contribution is -0.122. The monoisotopic (exact) mass is 264 g/mol. The third kappa shape index (κ3) is 2.39. The molecule has 6 heteroatoms. The number of imide groups is 1. The zero-order valence-electron chi connectivity index (χ0n) is 9.50. The molecule has 2 rings (SSSR count). The number of nitrogens with two attached hydrogens (primary N) is 1. The molecule has 1 aromatic rings. The second-order valence-corrected chi connectivity index (χ2v) is 4.67. The van der Waals surface area contributed by atoms with Crippen molar-refractivity contribution in [3.05, 3.63) is 34.7 Å². The molecular formula is C12H12N2O3S. The van der Waals surface area contributed by atoms with Crippen LogP contribution in [0.3, 0.4) is 0 Å². The van der Waals surface area contributed by atoms with Crippen molar-refractivity contribution in [3.63, 3.8) is 0 Å². The summed E-state index contributed by atoms with van der Waals surface area (Å²) in [5.74, 6) is -0.290. The number of thioether (sulfide) groups is 1. The van der Waals surface area contributed by atoms with Gasteiger partial charge in [0.1, 0.15) is 5.75 Å². The first-order valence-electron chi connectivity index (χ1n) is 5.37. The molecule has 1 saturated heterocycles. The molecule has 94 valence electrons. The Bertz CT molecular complexity index is 528. The number of hydrogen-bond acceptors (Lipinski definition) is 5. The Morgan fingerprint density at radius 3 is 2.72 bits per heavy atom. The molecule has 1 aliphatic rings. The Morgan fingerprint density at radius 2 is 2.06 bits per heavy atom. The number of para-hydroxylation sites is 1. The van der Waals surface area contributed by atoms with Crippen LogP contribution in [0.4, 0.5) is 4.79 Å². The topological polar surface area (TPSA) is 83.6 Å². The van der Waals surface area contributed by atoms with Crippen molar-refractivity contribution >= 4 is 29.0 Å². The Kier molecular flexibility index (Phi) is 3.69. The molecule has 0 aliphatic carbocycles. The molecule has 0 atom stereocenters. The summed E-state index contributed by atoms with van der Waals surface area (Å²) in [7, 11) is 0. The molecular weight excluding hydrogens is 252 g/mol. The van der Waals surface area contributed by atoms with Crippen LogP contribution in [-0.2, 0) is 4.79 Å². The molecule has 1 aromatic carbocycles. The lowest BCUT2D eigenvalue weighted by atomic mass is 10.2. The van der Waals surface area contributed by atoms with Gasteiger partial charge in [-0.25, -0.2) is 0 Å². The van der Waals surface area contributed by atoms with Crippen molar-refractivity contribution in [2.75, 3.05) is 13.1 Å². The van der Waals surface area contributed by atoms with Gasteiger partial charge in [-0.1, -0.05) is 18.2 Å². The summed E-state index contributed by atoms with van der Waals surface area (Å²) in [5.41, 5.74) is 5.85. The molecule has 3 N–H and O–H groups in total. The fraction of sp³-hybridized carbons (Fsp3) is 0.167. The van der Waals surface area contributed by atoms with Crippen LogP contribution in [0.15, 0.2) is 29.2 Å². The van der Waals surface area contributed by atoms with E-state index in [1.807, 2.05) is 0 Å². The van der Waals surface area contributed by atoms with E-state index in [0.29, 0.717) is 10.5 Å². The van der Waals surface area contributed by atoms with E-state index in [1.54, 1.807) is 18.2 Å². The Morgan fingerprint density at radius 1 is 1.33 bits per heavy atom. The second-order valence-electron chi connectivity index (χ2n) is 3.68. The van der Waals surface area contributed by atoms with Gasteiger partial charge in [0.25, 0.3) is 11.1 Å². The van der Waals surface area contributed by atoms with Crippen molar-refractivity contribution in [3.8, 4) is 5.75 Å². The molecule has 5 nitrogen and oxygen atoms in total. The minimum absolute atomic E-state index is 0.0723. The first kappa shape index (κ1) is 12.7. The highest BCUT2D eigenvalue weighted by molar-refractivity contribution is 8.18. The van der Waals surface area contributed by atoms with Crippen LogP contribution in [-0.4, -0.2) is 34.2 Å². The fourth-order valence-electron chi connectivity index (χ4n) is 1.57. The number of carbonyl (C=O) groups excluding carboxylic acids is 2. The summed E-state index contributed by atoms with van der Waals surface area (Å²) in [4.78, 5) is 24.9. The summed E-state index contributed by atoms with van der Waals surface area (Å²) in [6.45, 7) is 0.449. The third-order valence-corrected chi connectivity index (χ3v) is 3.36. The van der Waals surface area contributed by atoms with E-state index in [0.717, 1.165) is 16.7 Å². The van der Waals surface area contributed by atoms with Gasteiger partial charge < -0.3 is 10.8 Å². The lowest BCUT2D eigenvalue weighted by Gasteiger charge is -2.09.